The lowest BCUT2D eigenvalue weighted by Crippen LogP contribution is -2.19. The zero-order valence-electron chi connectivity index (χ0n) is 8.49. The number of thioether (sulfide) groups is 1. The zero-order chi connectivity index (χ0) is 11.0. The van der Waals surface area contributed by atoms with Gasteiger partial charge in [0.25, 0.3) is 0 Å². The number of rotatable bonds is 7. The number of carboxylic acids is 1. The lowest BCUT2D eigenvalue weighted by molar-refractivity contribution is -0.137. The third-order valence-electron chi connectivity index (χ3n) is 1.73. The van der Waals surface area contributed by atoms with E-state index in [1.165, 1.54) is 7.11 Å². The molecule has 0 fully saturated rings. The molecular weight excluding hydrogens is 204 g/mol. The molecule has 4 nitrogen and oxygen atoms in total. The summed E-state index contributed by atoms with van der Waals surface area (Å²) >= 11 is 1.13. The summed E-state index contributed by atoms with van der Waals surface area (Å²) in [6, 6.07) is 0. The Hall–Kier alpha value is -0.710. The highest BCUT2D eigenvalue weighted by Gasteiger charge is 2.18. The molecule has 0 aromatic heterocycles. The van der Waals surface area contributed by atoms with Crippen LogP contribution in [0.15, 0.2) is 0 Å². The van der Waals surface area contributed by atoms with Crippen LogP contribution in [0.3, 0.4) is 0 Å². The van der Waals surface area contributed by atoms with E-state index >= 15 is 0 Å². The molecule has 0 rings (SSSR count). The van der Waals surface area contributed by atoms with E-state index in [2.05, 4.69) is 4.74 Å². The van der Waals surface area contributed by atoms with Crippen molar-refractivity contribution in [1.29, 1.82) is 0 Å². The second-order valence-electron chi connectivity index (χ2n) is 2.86. The summed E-state index contributed by atoms with van der Waals surface area (Å²) < 4.78 is 4.43. The Morgan fingerprint density at radius 3 is 2.57 bits per heavy atom. The minimum Gasteiger partial charge on any atom is -0.480 e. The van der Waals surface area contributed by atoms with Crippen molar-refractivity contribution >= 4 is 23.7 Å². The first kappa shape index (κ1) is 13.3. The number of carbonyl (C=O) groups is 2. The molecule has 0 aliphatic rings. The summed E-state index contributed by atoms with van der Waals surface area (Å²) in [6.45, 7) is 2.00. The third-order valence-corrected chi connectivity index (χ3v) is 2.97. The van der Waals surface area contributed by atoms with E-state index in [1.807, 2.05) is 6.92 Å². The van der Waals surface area contributed by atoms with Gasteiger partial charge in [-0.25, -0.2) is 0 Å². The van der Waals surface area contributed by atoms with Crippen molar-refractivity contribution in [2.75, 3.05) is 12.9 Å². The van der Waals surface area contributed by atoms with Crippen LogP contribution in [-0.4, -0.2) is 35.2 Å². The average molecular weight is 220 g/mol. The lowest BCUT2D eigenvalue weighted by Gasteiger charge is -2.09. The molecule has 0 heterocycles. The van der Waals surface area contributed by atoms with Crippen LogP contribution in [0.1, 0.15) is 26.2 Å². The Morgan fingerprint density at radius 1 is 1.50 bits per heavy atom. The summed E-state index contributed by atoms with van der Waals surface area (Å²) in [6.07, 6.45) is 2.43. The molecule has 1 atom stereocenters. The summed E-state index contributed by atoms with van der Waals surface area (Å²) in [4.78, 5) is 21.5. The highest BCUT2D eigenvalue weighted by molar-refractivity contribution is 8.01. The van der Waals surface area contributed by atoms with Crippen LogP contribution in [0.25, 0.3) is 0 Å². The number of carboxylic acid groups (broad SMARTS) is 1. The maximum atomic E-state index is 10.8. The molecule has 0 aromatic carbocycles. The van der Waals surface area contributed by atoms with E-state index in [0.717, 1.165) is 24.6 Å². The van der Waals surface area contributed by atoms with Crippen molar-refractivity contribution in [3.8, 4) is 0 Å². The van der Waals surface area contributed by atoms with Gasteiger partial charge in [0.1, 0.15) is 5.25 Å². The molecule has 0 aliphatic carbocycles. The van der Waals surface area contributed by atoms with Crippen LogP contribution in [0.5, 0.6) is 0 Å². The summed E-state index contributed by atoms with van der Waals surface area (Å²) in [5, 5.41) is 8.32. The van der Waals surface area contributed by atoms with Gasteiger partial charge < -0.3 is 9.84 Å². The summed E-state index contributed by atoms with van der Waals surface area (Å²) in [5.41, 5.74) is 0. The number of esters is 1. The van der Waals surface area contributed by atoms with E-state index in [1.54, 1.807) is 0 Å². The Balaban J connectivity index is 3.84. The van der Waals surface area contributed by atoms with Gasteiger partial charge in [-0.15, -0.1) is 11.8 Å². The number of unbranched alkanes of at least 4 members (excludes halogenated alkanes) is 1. The zero-order valence-corrected chi connectivity index (χ0v) is 9.30. The highest BCUT2D eigenvalue weighted by atomic mass is 32.2. The van der Waals surface area contributed by atoms with Crippen molar-refractivity contribution in [3.63, 3.8) is 0 Å². The van der Waals surface area contributed by atoms with E-state index < -0.39 is 11.2 Å². The fourth-order valence-corrected chi connectivity index (χ4v) is 1.83. The Labute approximate surface area is 88.0 Å². The molecule has 1 unspecified atom stereocenters. The van der Waals surface area contributed by atoms with E-state index in [0.29, 0.717) is 6.42 Å². The van der Waals surface area contributed by atoms with Crippen molar-refractivity contribution < 1.29 is 19.4 Å². The van der Waals surface area contributed by atoms with Crippen LogP contribution in [0.2, 0.25) is 0 Å². The molecular formula is C9H16O4S. The molecule has 0 radical (unpaired) electrons. The Bertz CT molecular complexity index is 193. The molecule has 82 valence electrons. The SMILES string of the molecule is CCCCC(SCC(=O)OC)C(=O)O. The van der Waals surface area contributed by atoms with Gasteiger partial charge >= 0.3 is 11.9 Å². The van der Waals surface area contributed by atoms with Crippen LogP contribution in [-0.2, 0) is 14.3 Å². The topological polar surface area (TPSA) is 63.6 Å². The molecule has 0 aliphatic heterocycles. The number of carbonyl (C=O) groups excluding carboxylic acids is 1. The molecule has 0 aromatic rings. The third kappa shape index (κ3) is 5.85. The smallest absolute Gasteiger partial charge is 0.316 e. The van der Waals surface area contributed by atoms with E-state index in [-0.39, 0.29) is 11.7 Å². The van der Waals surface area contributed by atoms with Gasteiger partial charge in [0.2, 0.25) is 0 Å². The molecule has 1 N–H and O–H groups in total. The largest absolute Gasteiger partial charge is 0.480 e. The normalized spacial score (nSPS) is 12.1. The quantitative estimate of drug-likeness (QED) is 0.659. The number of methoxy groups -OCH3 is 1. The first-order valence-corrected chi connectivity index (χ1v) is 5.57. The Kier molecular flexibility index (Phi) is 7.28. The molecule has 5 heteroatoms. The minimum absolute atomic E-state index is 0.108. The van der Waals surface area contributed by atoms with Crippen LogP contribution < -0.4 is 0 Å². The van der Waals surface area contributed by atoms with Gasteiger partial charge in [-0.2, -0.15) is 0 Å². The van der Waals surface area contributed by atoms with Crippen LogP contribution >= 0.6 is 11.8 Å². The summed E-state index contributed by atoms with van der Waals surface area (Å²) in [7, 11) is 1.30. The average Bonchev–Trinajstić information content (AvgIpc) is 2.16. The number of aliphatic carboxylic acids is 1. The maximum Gasteiger partial charge on any atom is 0.316 e. The molecule has 0 saturated heterocycles. The van der Waals surface area contributed by atoms with E-state index in [4.69, 9.17) is 5.11 Å². The van der Waals surface area contributed by atoms with Gasteiger partial charge in [0.05, 0.1) is 12.9 Å². The number of ether oxygens (including phenoxy) is 1. The van der Waals surface area contributed by atoms with Crippen molar-refractivity contribution in [3.05, 3.63) is 0 Å². The van der Waals surface area contributed by atoms with Crippen molar-refractivity contribution in [2.24, 2.45) is 0 Å². The standard InChI is InChI=1S/C9H16O4S/c1-3-4-5-7(9(11)12)14-6-8(10)13-2/h7H,3-6H2,1-2H3,(H,11,12). The van der Waals surface area contributed by atoms with Crippen LogP contribution in [0, 0.1) is 0 Å². The Morgan fingerprint density at radius 2 is 2.14 bits per heavy atom. The number of hydrogen-bond donors (Lipinski definition) is 1. The monoisotopic (exact) mass is 220 g/mol. The fourth-order valence-electron chi connectivity index (χ4n) is 0.895. The van der Waals surface area contributed by atoms with Crippen molar-refractivity contribution in [1.82, 2.24) is 0 Å². The van der Waals surface area contributed by atoms with Crippen molar-refractivity contribution in [2.45, 2.75) is 31.4 Å². The van der Waals surface area contributed by atoms with Gasteiger partial charge in [-0.05, 0) is 6.42 Å². The molecule has 0 spiro atoms. The predicted molar refractivity (Wildman–Crippen MR) is 55.4 cm³/mol. The molecule has 0 amide bonds. The second kappa shape index (κ2) is 7.67. The van der Waals surface area contributed by atoms with Crippen LogP contribution in [0.4, 0.5) is 0 Å². The number of hydrogen-bond acceptors (Lipinski definition) is 4. The minimum atomic E-state index is -0.854. The maximum absolute atomic E-state index is 10.8. The first-order chi connectivity index (χ1) is 6.61. The second-order valence-corrected chi connectivity index (χ2v) is 4.05. The van der Waals surface area contributed by atoms with Gasteiger partial charge in [-0.1, -0.05) is 19.8 Å². The molecule has 14 heavy (non-hydrogen) atoms. The van der Waals surface area contributed by atoms with E-state index in [9.17, 15) is 9.59 Å². The first-order valence-electron chi connectivity index (χ1n) is 4.53. The molecule has 0 saturated carbocycles. The summed E-state index contributed by atoms with van der Waals surface area (Å²) in [5.74, 6) is -1.12. The lowest BCUT2D eigenvalue weighted by atomic mass is 10.2. The van der Waals surface area contributed by atoms with Gasteiger partial charge in [0.15, 0.2) is 0 Å². The van der Waals surface area contributed by atoms with Gasteiger partial charge in [0, 0.05) is 0 Å². The molecule has 0 bridgehead atoms. The predicted octanol–water partition coefficient (Wildman–Crippen LogP) is 1.54. The fraction of sp³-hybridized carbons (Fsp3) is 0.778. The highest BCUT2D eigenvalue weighted by Crippen LogP contribution is 2.17. The van der Waals surface area contributed by atoms with Gasteiger partial charge in [-0.3, -0.25) is 9.59 Å².